The van der Waals surface area contributed by atoms with Gasteiger partial charge in [0.1, 0.15) is 0 Å². The molecule has 0 aliphatic heterocycles. The average Bonchev–Trinajstić information content (AvgIpc) is 2.95. The van der Waals surface area contributed by atoms with Crippen LogP contribution in [0.3, 0.4) is 0 Å². The quantitative estimate of drug-likeness (QED) is 0.767. The molecule has 0 aromatic carbocycles. The van der Waals surface area contributed by atoms with Gasteiger partial charge in [-0.3, -0.25) is 4.68 Å². The van der Waals surface area contributed by atoms with E-state index in [-0.39, 0.29) is 0 Å². The van der Waals surface area contributed by atoms with Crippen LogP contribution < -0.4 is 5.32 Å². The molecule has 3 nitrogen and oxygen atoms in total. The maximum Gasteiger partial charge on any atom is 0.0522 e. The van der Waals surface area contributed by atoms with Crippen LogP contribution in [0.1, 0.15) is 45.2 Å². The minimum Gasteiger partial charge on any atom is -0.309 e. The van der Waals surface area contributed by atoms with Crippen molar-refractivity contribution in [3.05, 3.63) is 18.0 Å². The monoisotopic (exact) mass is 221 g/mol. The number of nitrogens with zero attached hydrogens (tertiary/aromatic N) is 2. The highest BCUT2D eigenvalue weighted by atomic mass is 15.3. The van der Waals surface area contributed by atoms with Gasteiger partial charge < -0.3 is 5.32 Å². The van der Waals surface area contributed by atoms with E-state index in [0.29, 0.717) is 6.04 Å². The van der Waals surface area contributed by atoms with Gasteiger partial charge in [-0.2, -0.15) is 5.10 Å². The van der Waals surface area contributed by atoms with Crippen molar-refractivity contribution < 1.29 is 0 Å². The maximum absolute atomic E-state index is 4.33. The van der Waals surface area contributed by atoms with Gasteiger partial charge in [0.05, 0.1) is 5.69 Å². The van der Waals surface area contributed by atoms with Crippen LogP contribution in [0.25, 0.3) is 0 Å². The van der Waals surface area contributed by atoms with Gasteiger partial charge in [0, 0.05) is 25.3 Å². The highest BCUT2D eigenvalue weighted by Gasteiger charge is 2.23. The Morgan fingerprint density at radius 2 is 2.38 bits per heavy atom. The van der Waals surface area contributed by atoms with E-state index in [4.69, 9.17) is 0 Å². The molecule has 2 rings (SSSR count). The van der Waals surface area contributed by atoms with Gasteiger partial charge in [-0.25, -0.2) is 0 Å². The zero-order valence-electron chi connectivity index (χ0n) is 10.4. The second-order valence-corrected chi connectivity index (χ2v) is 5.01. The van der Waals surface area contributed by atoms with Crippen LogP contribution in [-0.2, 0) is 13.1 Å². The average molecular weight is 221 g/mol. The van der Waals surface area contributed by atoms with E-state index in [1.807, 2.05) is 6.20 Å². The summed E-state index contributed by atoms with van der Waals surface area (Å²) in [7, 11) is 0. The van der Waals surface area contributed by atoms with Gasteiger partial charge in [0.15, 0.2) is 0 Å². The molecular formula is C13H23N3. The fourth-order valence-electron chi connectivity index (χ4n) is 2.14. The molecule has 1 aliphatic carbocycles. The number of aryl methyl sites for hydroxylation is 1. The molecule has 16 heavy (non-hydrogen) atoms. The lowest BCUT2D eigenvalue weighted by atomic mass is 10.1. The fourth-order valence-corrected chi connectivity index (χ4v) is 2.14. The third-order valence-electron chi connectivity index (χ3n) is 3.26. The summed E-state index contributed by atoms with van der Waals surface area (Å²) in [4.78, 5) is 0. The fraction of sp³-hybridized carbons (Fsp3) is 0.769. The molecule has 1 heterocycles. The van der Waals surface area contributed by atoms with Gasteiger partial charge in [-0.15, -0.1) is 0 Å². The maximum atomic E-state index is 4.33. The van der Waals surface area contributed by atoms with Crippen LogP contribution in [-0.4, -0.2) is 15.8 Å². The second-order valence-electron chi connectivity index (χ2n) is 5.01. The van der Waals surface area contributed by atoms with Crippen molar-refractivity contribution in [1.29, 1.82) is 0 Å². The zero-order valence-corrected chi connectivity index (χ0v) is 10.4. The van der Waals surface area contributed by atoms with Gasteiger partial charge in [0.2, 0.25) is 0 Å². The molecular weight excluding hydrogens is 198 g/mol. The molecule has 3 heteroatoms. The Morgan fingerprint density at radius 3 is 3.06 bits per heavy atom. The van der Waals surface area contributed by atoms with Crippen molar-refractivity contribution in [3.63, 3.8) is 0 Å². The molecule has 0 amide bonds. The SMILES string of the molecule is CCCn1nccc1CNC(C)CC1CC1. The molecule has 1 fully saturated rings. The lowest BCUT2D eigenvalue weighted by Gasteiger charge is -2.14. The molecule has 90 valence electrons. The largest absolute Gasteiger partial charge is 0.309 e. The molecule has 0 spiro atoms. The summed E-state index contributed by atoms with van der Waals surface area (Å²) in [5.74, 6) is 1.00. The van der Waals surface area contributed by atoms with E-state index in [0.717, 1.165) is 25.4 Å². The first kappa shape index (κ1) is 11.6. The Bertz CT molecular complexity index is 315. The van der Waals surface area contributed by atoms with E-state index in [1.54, 1.807) is 0 Å². The van der Waals surface area contributed by atoms with Gasteiger partial charge in [0.25, 0.3) is 0 Å². The van der Waals surface area contributed by atoms with E-state index in [1.165, 1.54) is 25.0 Å². The van der Waals surface area contributed by atoms with E-state index < -0.39 is 0 Å². The Morgan fingerprint density at radius 1 is 1.56 bits per heavy atom. The van der Waals surface area contributed by atoms with Crippen LogP contribution in [0.15, 0.2) is 12.3 Å². The summed E-state index contributed by atoms with van der Waals surface area (Å²) in [6.07, 6.45) is 7.27. The molecule has 1 saturated carbocycles. The summed E-state index contributed by atoms with van der Waals surface area (Å²) in [6.45, 7) is 6.46. The minimum atomic E-state index is 0.637. The number of aromatic nitrogens is 2. The van der Waals surface area contributed by atoms with Crippen molar-refractivity contribution in [2.75, 3.05) is 0 Å². The Labute approximate surface area is 98.2 Å². The number of hydrogen-bond acceptors (Lipinski definition) is 2. The minimum absolute atomic E-state index is 0.637. The highest BCUT2D eigenvalue weighted by Crippen LogP contribution is 2.33. The molecule has 1 aliphatic rings. The van der Waals surface area contributed by atoms with Crippen LogP contribution in [0, 0.1) is 5.92 Å². The molecule has 1 aromatic heterocycles. The molecule has 1 aromatic rings. The second kappa shape index (κ2) is 5.48. The summed E-state index contributed by atoms with van der Waals surface area (Å²) >= 11 is 0. The van der Waals surface area contributed by atoms with Crippen molar-refractivity contribution in [2.45, 2.75) is 58.7 Å². The highest BCUT2D eigenvalue weighted by molar-refractivity contribution is 5.00. The van der Waals surface area contributed by atoms with Crippen molar-refractivity contribution >= 4 is 0 Å². The molecule has 1 N–H and O–H groups in total. The predicted octanol–water partition coefficient (Wildman–Crippen LogP) is 2.57. The molecule has 0 radical (unpaired) electrons. The lowest BCUT2D eigenvalue weighted by Crippen LogP contribution is -2.27. The lowest BCUT2D eigenvalue weighted by molar-refractivity contribution is 0.467. The molecule has 0 saturated heterocycles. The Hall–Kier alpha value is -0.830. The van der Waals surface area contributed by atoms with Gasteiger partial charge in [-0.05, 0) is 31.7 Å². The van der Waals surface area contributed by atoms with Gasteiger partial charge in [-0.1, -0.05) is 19.8 Å². The number of nitrogens with one attached hydrogen (secondary N) is 1. The topological polar surface area (TPSA) is 29.9 Å². The molecule has 0 bridgehead atoms. The molecule has 1 atom stereocenters. The molecule has 1 unspecified atom stereocenters. The van der Waals surface area contributed by atoms with Crippen LogP contribution in [0.5, 0.6) is 0 Å². The summed E-state index contributed by atoms with van der Waals surface area (Å²) in [6, 6.07) is 2.75. The Balaban J connectivity index is 1.76. The van der Waals surface area contributed by atoms with Crippen molar-refractivity contribution in [2.24, 2.45) is 5.92 Å². The zero-order chi connectivity index (χ0) is 11.4. The van der Waals surface area contributed by atoms with Crippen molar-refractivity contribution in [1.82, 2.24) is 15.1 Å². The number of hydrogen-bond donors (Lipinski definition) is 1. The first-order valence-electron chi connectivity index (χ1n) is 6.53. The van der Waals surface area contributed by atoms with Crippen molar-refractivity contribution in [3.8, 4) is 0 Å². The normalized spacial score (nSPS) is 17.6. The summed E-state index contributed by atoms with van der Waals surface area (Å²) < 4.78 is 2.11. The van der Waals surface area contributed by atoms with E-state index >= 15 is 0 Å². The van der Waals surface area contributed by atoms with E-state index in [9.17, 15) is 0 Å². The first-order valence-corrected chi connectivity index (χ1v) is 6.53. The smallest absolute Gasteiger partial charge is 0.0522 e. The summed E-state index contributed by atoms with van der Waals surface area (Å²) in [5, 5.41) is 7.93. The Kier molecular flexibility index (Phi) is 3.99. The third kappa shape index (κ3) is 3.34. The van der Waals surface area contributed by atoms with Gasteiger partial charge >= 0.3 is 0 Å². The van der Waals surface area contributed by atoms with Crippen LogP contribution in [0.2, 0.25) is 0 Å². The third-order valence-corrected chi connectivity index (χ3v) is 3.26. The standard InChI is InChI=1S/C13H23N3/c1-3-8-16-13(6-7-15-16)10-14-11(2)9-12-4-5-12/h6-7,11-12,14H,3-5,8-10H2,1-2H3. The number of rotatable bonds is 7. The van der Waals surface area contributed by atoms with E-state index in [2.05, 4.69) is 35.0 Å². The predicted molar refractivity (Wildman–Crippen MR) is 66.2 cm³/mol. The summed E-state index contributed by atoms with van der Waals surface area (Å²) in [5.41, 5.74) is 1.31. The first-order chi connectivity index (χ1) is 7.79. The van der Waals surface area contributed by atoms with Crippen LogP contribution >= 0.6 is 0 Å². The van der Waals surface area contributed by atoms with Crippen LogP contribution in [0.4, 0.5) is 0 Å².